The van der Waals surface area contributed by atoms with E-state index < -0.39 is 0 Å². The zero-order chi connectivity index (χ0) is 15.1. The molecule has 0 aliphatic rings. The van der Waals surface area contributed by atoms with Gasteiger partial charge in [-0.05, 0) is 17.7 Å². The highest BCUT2D eigenvalue weighted by Crippen LogP contribution is 2.20. The molecule has 0 saturated heterocycles. The number of amides is 2. The second-order valence-corrected chi connectivity index (χ2v) is 4.69. The minimum atomic E-state index is -0.318. The highest BCUT2D eigenvalue weighted by Gasteiger charge is 2.19. The number of aliphatic hydroxyl groups excluding tert-OH is 1. The molecule has 1 unspecified atom stereocenters. The van der Waals surface area contributed by atoms with E-state index in [1.165, 1.54) is 4.90 Å². The number of rotatable bonds is 5. The Hall–Kier alpha value is -2.40. The average Bonchev–Trinajstić information content (AvgIpc) is 2.54. The van der Waals surface area contributed by atoms with E-state index in [-0.39, 0.29) is 25.2 Å². The van der Waals surface area contributed by atoms with E-state index in [0.29, 0.717) is 0 Å². The molecule has 5 heteroatoms. The van der Waals surface area contributed by atoms with Crippen molar-refractivity contribution in [1.82, 2.24) is 15.2 Å². The molecular formula is C16H19N3O2. The third kappa shape index (κ3) is 4.03. The van der Waals surface area contributed by atoms with E-state index in [1.807, 2.05) is 48.5 Å². The average molecular weight is 285 g/mol. The molecule has 0 aliphatic heterocycles. The molecule has 1 heterocycles. The van der Waals surface area contributed by atoms with Crippen molar-refractivity contribution >= 4 is 6.03 Å². The Kier molecular flexibility index (Phi) is 5.29. The van der Waals surface area contributed by atoms with Gasteiger partial charge in [-0.3, -0.25) is 4.98 Å². The molecule has 5 nitrogen and oxygen atoms in total. The fourth-order valence-corrected chi connectivity index (χ4v) is 2.01. The number of carbonyl (C=O) groups excluding carboxylic acids is 1. The molecule has 110 valence electrons. The second kappa shape index (κ2) is 7.40. The summed E-state index contributed by atoms with van der Waals surface area (Å²) in [5.41, 5.74) is 1.73. The highest BCUT2D eigenvalue weighted by molar-refractivity contribution is 5.74. The van der Waals surface area contributed by atoms with Gasteiger partial charge < -0.3 is 15.3 Å². The van der Waals surface area contributed by atoms with Crippen LogP contribution >= 0.6 is 0 Å². The van der Waals surface area contributed by atoms with E-state index in [9.17, 15) is 4.79 Å². The second-order valence-electron chi connectivity index (χ2n) is 4.69. The molecule has 2 aromatic rings. The Labute approximate surface area is 124 Å². The van der Waals surface area contributed by atoms with E-state index in [1.54, 1.807) is 13.2 Å². The van der Waals surface area contributed by atoms with Crippen molar-refractivity contribution in [1.29, 1.82) is 0 Å². The molecule has 0 radical (unpaired) electrons. The summed E-state index contributed by atoms with van der Waals surface area (Å²) in [7, 11) is 1.64. The van der Waals surface area contributed by atoms with Gasteiger partial charge in [-0.1, -0.05) is 36.4 Å². The monoisotopic (exact) mass is 285 g/mol. The fourth-order valence-electron chi connectivity index (χ4n) is 2.01. The first-order valence-electron chi connectivity index (χ1n) is 6.80. The first-order valence-corrected chi connectivity index (χ1v) is 6.80. The first-order chi connectivity index (χ1) is 10.2. The standard InChI is InChI=1S/C16H19N3O2/c1-19(11-12-20)16(21)18-15(13-7-3-2-4-8-13)14-9-5-6-10-17-14/h2-10,15,20H,11-12H2,1H3,(H,18,21). The lowest BCUT2D eigenvalue weighted by atomic mass is 10.0. The Morgan fingerprint density at radius 1 is 1.24 bits per heavy atom. The van der Waals surface area contributed by atoms with Crippen molar-refractivity contribution < 1.29 is 9.90 Å². The van der Waals surface area contributed by atoms with Crippen LogP contribution in [0.25, 0.3) is 0 Å². The van der Waals surface area contributed by atoms with Crippen LogP contribution in [0.4, 0.5) is 4.79 Å². The molecular weight excluding hydrogens is 266 g/mol. The van der Waals surface area contributed by atoms with Gasteiger partial charge in [-0.15, -0.1) is 0 Å². The Balaban J connectivity index is 2.23. The molecule has 0 bridgehead atoms. The molecule has 0 spiro atoms. The zero-order valence-corrected chi connectivity index (χ0v) is 11.9. The van der Waals surface area contributed by atoms with E-state index in [4.69, 9.17) is 5.11 Å². The number of carbonyl (C=O) groups is 1. The van der Waals surface area contributed by atoms with Crippen LogP contribution in [0.5, 0.6) is 0 Å². The van der Waals surface area contributed by atoms with Gasteiger partial charge in [-0.2, -0.15) is 0 Å². The quantitative estimate of drug-likeness (QED) is 0.880. The maximum atomic E-state index is 12.2. The number of aromatic nitrogens is 1. The predicted octanol–water partition coefficient (Wildman–Crippen LogP) is 1.80. The van der Waals surface area contributed by atoms with Crippen LogP contribution in [0.2, 0.25) is 0 Å². The fraction of sp³-hybridized carbons (Fsp3) is 0.250. The number of hydrogen-bond donors (Lipinski definition) is 2. The van der Waals surface area contributed by atoms with Crippen LogP contribution in [-0.2, 0) is 0 Å². The molecule has 1 aromatic heterocycles. The van der Waals surface area contributed by atoms with Gasteiger partial charge in [0.1, 0.15) is 0 Å². The number of benzene rings is 1. The summed E-state index contributed by atoms with van der Waals surface area (Å²) in [5, 5.41) is 11.9. The van der Waals surface area contributed by atoms with Gasteiger partial charge >= 0.3 is 6.03 Å². The zero-order valence-electron chi connectivity index (χ0n) is 11.9. The van der Waals surface area contributed by atoms with Crippen molar-refractivity contribution in [3.05, 3.63) is 66.0 Å². The maximum Gasteiger partial charge on any atom is 0.318 e. The smallest absolute Gasteiger partial charge is 0.318 e. The summed E-state index contributed by atoms with van der Waals surface area (Å²) < 4.78 is 0. The number of nitrogens with one attached hydrogen (secondary N) is 1. The number of hydrogen-bond acceptors (Lipinski definition) is 3. The SMILES string of the molecule is CN(CCO)C(=O)NC(c1ccccc1)c1ccccn1. The van der Waals surface area contributed by atoms with Crippen LogP contribution in [0, 0.1) is 0 Å². The van der Waals surface area contributed by atoms with E-state index >= 15 is 0 Å². The number of aliphatic hydroxyl groups is 1. The molecule has 0 fully saturated rings. The Morgan fingerprint density at radius 2 is 1.95 bits per heavy atom. The van der Waals surface area contributed by atoms with Gasteiger partial charge in [0.2, 0.25) is 0 Å². The molecule has 2 rings (SSSR count). The molecule has 2 amide bonds. The lowest BCUT2D eigenvalue weighted by molar-refractivity contribution is 0.188. The van der Waals surface area contributed by atoms with Crippen LogP contribution in [0.15, 0.2) is 54.7 Å². The molecule has 1 aromatic carbocycles. The predicted molar refractivity (Wildman–Crippen MR) is 80.8 cm³/mol. The van der Waals surface area contributed by atoms with Crippen LogP contribution in [0.1, 0.15) is 17.3 Å². The summed E-state index contributed by atoms with van der Waals surface area (Å²) in [4.78, 5) is 17.9. The van der Waals surface area contributed by atoms with Gasteiger partial charge in [0.25, 0.3) is 0 Å². The lowest BCUT2D eigenvalue weighted by Gasteiger charge is -2.23. The molecule has 0 aliphatic carbocycles. The van der Waals surface area contributed by atoms with Gasteiger partial charge in [0, 0.05) is 19.8 Å². The summed E-state index contributed by atoms with van der Waals surface area (Å²) in [6.45, 7) is 0.221. The van der Waals surface area contributed by atoms with Crippen molar-refractivity contribution in [2.24, 2.45) is 0 Å². The molecule has 21 heavy (non-hydrogen) atoms. The summed E-state index contributed by atoms with van der Waals surface area (Å²) >= 11 is 0. The van der Waals surface area contributed by atoms with Crippen LogP contribution in [-0.4, -0.2) is 41.2 Å². The summed E-state index contributed by atoms with van der Waals surface area (Å²) in [6, 6.07) is 14.7. The van der Waals surface area contributed by atoms with Crippen molar-refractivity contribution in [2.45, 2.75) is 6.04 Å². The van der Waals surface area contributed by atoms with Crippen molar-refractivity contribution in [3.8, 4) is 0 Å². The third-order valence-electron chi connectivity index (χ3n) is 3.17. The molecule has 1 atom stereocenters. The van der Waals surface area contributed by atoms with E-state index in [0.717, 1.165) is 11.3 Å². The minimum absolute atomic E-state index is 0.0660. The van der Waals surface area contributed by atoms with Crippen LogP contribution in [0.3, 0.4) is 0 Å². The normalized spacial score (nSPS) is 11.7. The number of nitrogens with zero attached hydrogens (tertiary/aromatic N) is 2. The van der Waals surface area contributed by atoms with Gasteiger partial charge in [-0.25, -0.2) is 4.79 Å². The van der Waals surface area contributed by atoms with E-state index in [2.05, 4.69) is 10.3 Å². The Morgan fingerprint density at radius 3 is 2.57 bits per heavy atom. The van der Waals surface area contributed by atoms with Crippen molar-refractivity contribution in [3.63, 3.8) is 0 Å². The summed E-state index contributed by atoms with van der Waals surface area (Å²) in [6.07, 6.45) is 1.70. The van der Waals surface area contributed by atoms with Crippen LogP contribution < -0.4 is 5.32 Å². The van der Waals surface area contributed by atoms with Crippen molar-refractivity contribution in [2.75, 3.05) is 20.2 Å². The molecule has 0 saturated carbocycles. The maximum absolute atomic E-state index is 12.2. The molecule has 2 N–H and O–H groups in total. The topological polar surface area (TPSA) is 65.5 Å². The number of pyridine rings is 1. The minimum Gasteiger partial charge on any atom is -0.395 e. The number of likely N-dealkylation sites (N-methyl/N-ethyl adjacent to an activating group) is 1. The largest absolute Gasteiger partial charge is 0.395 e. The lowest BCUT2D eigenvalue weighted by Crippen LogP contribution is -2.41. The third-order valence-corrected chi connectivity index (χ3v) is 3.17. The first kappa shape index (κ1) is 15.0. The number of urea groups is 1. The summed E-state index contributed by atoms with van der Waals surface area (Å²) in [5.74, 6) is 0. The highest BCUT2D eigenvalue weighted by atomic mass is 16.3. The Bertz CT molecular complexity index is 521. The van der Waals surface area contributed by atoms with Gasteiger partial charge in [0.15, 0.2) is 0 Å². The van der Waals surface area contributed by atoms with Gasteiger partial charge in [0.05, 0.1) is 18.3 Å².